The molecule has 0 saturated carbocycles. The van der Waals surface area contributed by atoms with Gasteiger partial charge in [0, 0.05) is 26.2 Å². The fourth-order valence-electron chi connectivity index (χ4n) is 4.70. The number of amides is 1. The maximum absolute atomic E-state index is 13.2. The van der Waals surface area contributed by atoms with Gasteiger partial charge in [-0.2, -0.15) is 4.72 Å². The highest BCUT2D eigenvalue weighted by Crippen LogP contribution is 2.30. The number of benzene rings is 3. The van der Waals surface area contributed by atoms with E-state index in [4.69, 9.17) is 4.74 Å². The standard InChI is InChI=1S/C28H33N3O4S/c1-21-14-15-25(35-3)26(20-21)36(33,34)29-22(2)28(32)31-18-16-30(17-19-31)27(23-10-6-4-7-11-23)24-12-8-5-9-13-24/h4-15,20,22,27,29H,16-19H2,1-3H3/t22-/m0/s1. The van der Waals surface area contributed by atoms with Crippen molar-refractivity contribution in [2.75, 3.05) is 33.3 Å². The Labute approximate surface area is 213 Å². The first kappa shape index (κ1) is 25.9. The molecule has 0 unspecified atom stereocenters. The summed E-state index contributed by atoms with van der Waals surface area (Å²) >= 11 is 0. The SMILES string of the molecule is COc1ccc(C)cc1S(=O)(=O)N[C@@H](C)C(=O)N1CCN(C(c2ccccc2)c2ccccc2)CC1. The molecular weight excluding hydrogens is 474 g/mol. The van der Waals surface area contributed by atoms with Crippen molar-refractivity contribution >= 4 is 15.9 Å². The van der Waals surface area contributed by atoms with E-state index in [1.807, 2.05) is 43.3 Å². The van der Waals surface area contributed by atoms with Gasteiger partial charge in [-0.25, -0.2) is 8.42 Å². The quantitative estimate of drug-likeness (QED) is 0.504. The van der Waals surface area contributed by atoms with Gasteiger partial charge in [-0.15, -0.1) is 0 Å². The van der Waals surface area contributed by atoms with Gasteiger partial charge < -0.3 is 9.64 Å². The monoisotopic (exact) mass is 507 g/mol. The molecule has 0 aromatic heterocycles. The van der Waals surface area contributed by atoms with Crippen molar-refractivity contribution in [3.05, 3.63) is 95.6 Å². The van der Waals surface area contributed by atoms with Gasteiger partial charge in [0.05, 0.1) is 19.2 Å². The minimum Gasteiger partial charge on any atom is -0.495 e. The van der Waals surface area contributed by atoms with Crippen molar-refractivity contribution in [3.63, 3.8) is 0 Å². The molecule has 1 aliphatic rings. The lowest BCUT2D eigenvalue weighted by molar-refractivity contribution is -0.134. The van der Waals surface area contributed by atoms with Crippen LogP contribution in [0.5, 0.6) is 5.75 Å². The van der Waals surface area contributed by atoms with Crippen LogP contribution in [0.15, 0.2) is 83.8 Å². The molecule has 0 spiro atoms. The first-order valence-electron chi connectivity index (χ1n) is 12.1. The molecule has 190 valence electrons. The summed E-state index contributed by atoms with van der Waals surface area (Å²) in [6, 6.07) is 24.9. The number of sulfonamides is 1. The first-order chi connectivity index (χ1) is 17.3. The number of rotatable bonds is 8. The number of carbonyl (C=O) groups excluding carboxylic acids is 1. The van der Waals surface area contributed by atoms with E-state index in [0.29, 0.717) is 26.2 Å². The minimum atomic E-state index is -3.94. The Kier molecular flexibility index (Phi) is 8.08. The molecule has 3 aromatic rings. The molecule has 1 atom stereocenters. The molecule has 1 fully saturated rings. The van der Waals surface area contributed by atoms with Crippen LogP contribution in [0.1, 0.15) is 29.7 Å². The Bertz CT molecular complexity index is 1240. The summed E-state index contributed by atoms with van der Waals surface area (Å²) in [5.74, 6) is 0.00930. The molecule has 8 heteroatoms. The number of hydrogen-bond acceptors (Lipinski definition) is 5. The smallest absolute Gasteiger partial charge is 0.244 e. The Morgan fingerprint density at radius 3 is 1.97 bits per heavy atom. The van der Waals surface area contributed by atoms with Crippen LogP contribution in [0.3, 0.4) is 0 Å². The maximum atomic E-state index is 13.2. The van der Waals surface area contributed by atoms with Crippen LogP contribution >= 0.6 is 0 Å². The highest BCUT2D eigenvalue weighted by atomic mass is 32.2. The first-order valence-corrected chi connectivity index (χ1v) is 13.6. The number of hydrogen-bond donors (Lipinski definition) is 1. The summed E-state index contributed by atoms with van der Waals surface area (Å²) in [5.41, 5.74) is 3.20. The van der Waals surface area contributed by atoms with Crippen molar-refractivity contribution in [3.8, 4) is 5.75 Å². The maximum Gasteiger partial charge on any atom is 0.244 e. The van der Waals surface area contributed by atoms with Gasteiger partial charge in [0.25, 0.3) is 0 Å². The molecule has 0 radical (unpaired) electrons. The van der Waals surface area contributed by atoms with Gasteiger partial charge in [-0.3, -0.25) is 9.69 Å². The van der Waals surface area contributed by atoms with Crippen molar-refractivity contribution in [1.82, 2.24) is 14.5 Å². The molecule has 1 aliphatic heterocycles. The fraction of sp³-hybridized carbons (Fsp3) is 0.321. The third kappa shape index (κ3) is 5.78. The summed E-state index contributed by atoms with van der Waals surface area (Å²) < 4.78 is 33.9. The molecule has 3 aromatic carbocycles. The van der Waals surface area contributed by atoms with Crippen LogP contribution < -0.4 is 9.46 Å². The predicted molar refractivity (Wildman–Crippen MR) is 140 cm³/mol. The minimum absolute atomic E-state index is 0.0306. The number of methoxy groups -OCH3 is 1. The van der Waals surface area contributed by atoms with Crippen LogP contribution in [0, 0.1) is 6.92 Å². The molecule has 4 rings (SSSR count). The van der Waals surface area contributed by atoms with Crippen LogP contribution in [-0.4, -0.2) is 63.5 Å². The predicted octanol–water partition coefficient (Wildman–Crippen LogP) is 3.60. The third-order valence-electron chi connectivity index (χ3n) is 6.53. The fourth-order valence-corrected chi connectivity index (χ4v) is 6.15. The Balaban J connectivity index is 1.44. The number of aryl methyl sites for hydroxylation is 1. The highest BCUT2D eigenvalue weighted by molar-refractivity contribution is 7.89. The van der Waals surface area contributed by atoms with Gasteiger partial charge >= 0.3 is 0 Å². The number of nitrogens with one attached hydrogen (secondary N) is 1. The zero-order chi connectivity index (χ0) is 25.7. The normalized spacial score (nSPS) is 15.6. The second-order valence-electron chi connectivity index (χ2n) is 9.08. The van der Waals surface area contributed by atoms with Crippen molar-refractivity contribution < 1.29 is 17.9 Å². The van der Waals surface area contributed by atoms with Crippen molar-refractivity contribution in [2.24, 2.45) is 0 Å². The summed E-state index contributed by atoms with van der Waals surface area (Å²) in [5, 5.41) is 0. The van der Waals surface area contributed by atoms with Gasteiger partial charge in [-0.1, -0.05) is 66.7 Å². The van der Waals surface area contributed by atoms with E-state index >= 15 is 0 Å². The second kappa shape index (κ2) is 11.2. The molecule has 1 saturated heterocycles. The molecular formula is C28H33N3O4S. The van der Waals surface area contributed by atoms with E-state index in [1.165, 1.54) is 18.2 Å². The Hall–Kier alpha value is -3.20. The largest absolute Gasteiger partial charge is 0.495 e. The van der Waals surface area contributed by atoms with E-state index in [-0.39, 0.29) is 22.6 Å². The van der Waals surface area contributed by atoms with Crippen LogP contribution in [-0.2, 0) is 14.8 Å². The van der Waals surface area contributed by atoms with E-state index in [0.717, 1.165) is 5.56 Å². The third-order valence-corrected chi connectivity index (χ3v) is 8.09. The van der Waals surface area contributed by atoms with E-state index in [1.54, 1.807) is 30.0 Å². The molecule has 0 aliphatic carbocycles. The van der Waals surface area contributed by atoms with Gasteiger partial charge in [0.1, 0.15) is 10.6 Å². The molecule has 1 amide bonds. The number of piperazine rings is 1. The molecule has 36 heavy (non-hydrogen) atoms. The van der Waals surface area contributed by atoms with Crippen molar-refractivity contribution in [1.29, 1.82) is 0 Å². The number of nitrogens with zero attached hydrogens (tertiary/aromatic N) is 2. The lowest BCUT2D eigenvalue weighted by Crippen LogP contribution is -2.54. The average Bonchev–Trinajstić information content (AvgIpc) is 2.90. The van der Waals surface area contributed by atoms with Crippen LogP contribution in [0.2, 0.25) is 0 Å². The summed E-state index contributed by atoms with van der Waals surface area (Å²) in [6.45, 7) is 5.82. The lowest BCUT2D eigenvalue weighted by Gasteiger charge is -2.40. The Morgan fingerprint density at radius 1 is 0.889 bits per heavy atom. The van der Waals surface area contributed by atoms with Crippen LogP contribution in [0.25, 0.3) is 0 Å². The van der Waals surface area contributed by atoms with Crippen molar-refractivity contribution in [2.45, 2.75) is 30.8 Å². The van der Waals surface area contributed by atoms with Gasteiger partial charge in [0.2, 0.25) is 15.9 Å². The second-order valence-corrected chi connectivity index (χ2v) is 10.8. The highest BCUT2D eigenvalue weighted by Gasteiger charge is 2.32. The average molecular weight is 508 g/mol. The summed E-state index contributed by atoms with van der Waals surface area (Å²) in [4.78, 5) is 17.3. The number of ether oxygens (including phenoxy) is 1. The summed E-state index contributed by atoms with van der Waals surface area (Å²) in [6.07, 6.45) is 0. The molecule has 1 heterocycles. The van der Waals surface area contributed by atoms with E-state index in [2.05, 4.69) is 33.9 Å². The number of carbonyl (C=O) groups is 1. The van der Waals surface area contributed by atoms with E-state index in [9.17, 15) is 13.2 Å². The molecule has 0 bridgehead atoms. The molecule has 7 nitrogen and oxygen atoms in total. The van der Waals surface area contributed by atoms with Crippen LogP contribution in [0.4, 0.5) is 0 Å². The van der Waals surface area contributed by atoms with E-state index < -0.39 is 16.1 Å². The van der Waals surface area contributed by atoms with Gasteiger partial charge in [-0.05, 0) is 42.7 Å². The Morgan fingerprint density at radius 2 is 1.44 bits per heavy atom. The topological polar surface area (TPSA) is 78.9 Å². The summed E-state index contributed by atoms with van der Waals surface area (Å²) in [7, 11) is -2.51. The van der Waals surface area contributed by atoms with Gasteiger partial charge in [0.15, 0.2) is 0 Å². The zero-order valence-electron chi connectivity index (χ0n) is 20.9. The lowest BCUT2D eigenvalue weighted by atomic mass is 9.96. The zero-order valence-corrected chi connectivity index (χ0v) is 21.7. The molecule has 1 N–H and O–H groups in total.